The average molecular weight is 354 g/mol. The highest BCUT2D eigenvalue weighted by Crippen LogP contribution is 2.26. The lowest BCUT2D eigenvalue weighted by atomic mass is 9.97. The molecule has 5 heteroatoms. The van der Waals surface area contributed by atoms with E-state index in [9.17, 15) is 4.79 Å². The Labute approximate surface area is 154 Å². The number of urea groups is 1. The Morgan fingerprint density at radius 3 is 2.88 bits per heavy atom. The van der Waals surface area contributed by atoms with Crippen LogP contribution < -0.4 is 20.1 Å². The van der Waals surface area contributed by atoms with Crippen LogP contribution in [-0.4, -0.2) is 25.3 Å². The molecule has 2 aromatic rings. The second-order valence-corrected chi connectivity index (χ2v) is 6.87. The molecular formula is C21H26N2O3. The van der Waals surface area contributed by atoms with E-state index in [1.54, 1.807) is 0 Å². The summed E-state index contributed by atoms with van der Waals surface area (Å²) in [6.07, 6.45) is 1.05. The Morgan fingerprint density at radius 1 is 1.19 bits per heavy atom. The molecule has 138 valence electrons. The molecule has 0 aliphatic carbocycles. The van der Waals surface area contributed by atoms with Crippen LogP contribution in [0.25, 0.3) is 0 Å². The van der Waals surface area contributed by atoms with Crippen LogP contribution in [-0.2, 0) is 13.0 Å². The van der Waals surface area contributed by atoms with Gasteiger partial charge in [0, 0.05) is 19.0 Å². The van der Waals surface area contributed by atoms with Gasteiger partial charge < -0.3 is 20.1 Å². The zero-order valence-corrected chi connectivity index (χ0v) is 15.3. The number of para-hydroxylation sites is 1. The van der Waals surface area contributed by atoms with Crippen LogP contribution in [0.15, 0.2) is 48.5 Å². The number of ether oxygens (including phenoxy) is 2. The summed E-state index contributed by atoms with van der Waals surface area (Å²) < 4.78 is 11.4. The van der Waals surface area contributed by atoms with Gasteiger partial charge in [0.05, 0.1) is 12.7 Å². The number of hydrogen-bond donors (Lipinski definition) is 2. The molecule has 0 aromatic heterocycles. The van der Waals surface area contributed by atoms with Gasteiger partial charge in [-0.05, 0) is 49.6 Å². The fourth-order valence-corrected chi connectivity index (χ4v) is 3.00. The molecule has 1 heterocycles. The molecule has 3 rings (SSSR count). The van der Waals surface area contributed by atoms with E-state index >= 15 is 0 Å². The van der Waals surface area contributed by atoms with Crippen molar-refractivity contribution in [3.05, 3.63) is 59.7 Å². The van der Waals surface area contributed by atoms with E-state index in [2.05, 4.69) is 16.7 Å². The number of fused-ring (bicyclic) bond motifs is 1. The molecule has 0 fully saturated rings. The number of carbonyl (C=O) groups is 1. The molecule has 5 nitrogen and oxygen atoms in total. The average Bonchev–Trinajstić information content (AvgIpc) is 2.64. The summed E-state index contributed by atoms with van der Waals surface area (Å²) in [5.74, 6) is 2.06. The van der Waals surface area contributed by atoms with Gasteiger partial charge in [0.2, 0.25) is 0 Å². The fraction of sp³-hybridized carbons (Fsp3) is 0.381. The third-order valence-electron chi connectivity index (χ3n) is 4.23. The van der Waals surface area contributed by atoms with Crippen molar-refractivity contribution in [1.29, 1.82) is 0 Å². The van der Waals surface area contributed by atoms with Gasteiger partial charge in [-0.1, -0.05) is 30.3 Å². The highest BCUT2D eigenvalue weighted by atomic mass is 16.5. The van der Waals surface area contributed by atoms with Crippen LogP contribution in [0.1, 0.15) is 25.0 Å². The molecule has 0 saturated heterocycles. The molecule has 2 amide bonds. The summed E-state index contributed by atoms with van der Waals surface area (Å²) in [7, 11) is 0. The fourth-order valence-electron chi connectivity index (χ4n) is 3.00. The lowest BCUT2D eigenvalue weighted by molar-refractivity contribution is 0.211. The van der Waals surface area contributed by atoms with Crippen LogP contribution in [0.5, 0.6) is 11.5 Å². The van der Waals surface area contributed by atoms with Gasteiger partial charge in [-0.25, -0.2) is 4.79 Å². The third kappa shape index (κ3) is 5.15. The van der Waals surface area contributed by atoms with E-state index in [4.69, 9.17) is 9.47 Å². The predicted molar refractivity (Wildman–Crippen MR) is 102 cm³/mol. The maximum Gasteiger partial charge on any atom is 0.315 e. The van der Waals surface area contributed by atoms with Crippen LogP contribution in [0.2, 0.25) is 0 Å². The number of hydrogen-bond acceptors (Lipinski definition) is 3. The number of amides is 2. The zero-order chi connectivity index (χ0) is 18.4. The molecule has 0 bridgehead atoms. The van der Waals surface area contributed by atoms with E-state index < -0.39 is 0 Å². The summed E-state index contributed by atoms with van der Waals surface area (Å²) in [6.45, 7) is 5.67. The van der Waals surface area contributed by atoms with E-state index in [-0.39, 0.29) is 12.1 Å². The van der Waals surface area contributed by atoms with Gasteiger partial charge in [-0.15, -0.1) is 0 Å². The highest BCUT2D eigenvalue weighted by Gasteiger charge is 2.19. The Hall–Kier alpha value is -2.69. The lowest BCUT2D eigenvalue weighted by Crippen LogP contribution is -2.40. The smallest absolute Gasteiger partial charge is 0.315 e. The quantitative estimate of drug-likeness (QED) is 0.834. The first kappa shape index (κ1) is 18.1. The SMILES string of the molecule is CC(C)Oc1cccc(CNC(=O)NCC2COc3ccccc3C2)c1. The van der Waals surface area contributed by atoms with Crippen LogP contribution in [0.3, 0.4) is 0 Å². The zero-order valence-electron chi connectivity index (χ0n) is 15.3. The Balaban J connectivity index is 1.42. The largest absolute Gasteiger partial charge is 0.493 e. The Morgan fingerprint density at radius 2 is 2.04 bits per heavy atom. The van der Waals surface area contributed by atoms with Gasteiger partial charge in [0.25, 0.3) is 0 Å². The summed E-state index contributed by atoms with van der Waals surface area (Å²) in [4.78, 5) is 12.1. The van der Waals surface area contributed by atoms with Crippen molar-refractivity contribution in [3.63, 3.8) is 0 Å². The molecule has 0 spiro atoms. The van der Waals surface area contributed by atoms with Crippen LogP contribution >= 0.6 is 0 Å². The summed E-state index contributed by atoms with van der Waals surface area (Å²) >= 11 is 0. The minimum Gasteiger partial charge on any atom is -0.493 e. The summed E-state index contributed by atoms with van der Waals surface area (Å²) in [5, 5.41) is 5.83. The van der Waals surface area contributed by atoms with Gasteiger partial charge >= 0.3 is 6.03 Å². The van der Waals surface area contributed by atoms with Gasteiger partial charge in [0.15, 0.2) is 0 Å². The van der Waals surface area contributed by atoms with Gasteiger partial charge in [-0.2, -0.15) is 0 Å². The molecule has 2 aromatic carbocycles. The Bertz CT molecular complexity index is 746. The van der Waals surface area contributed by atoms with Crippen molar-refractivity contribution in [2.45, 2.75) is 32.9 Å². The van der Waals surface area contributed by atoms with Crippen LogP contribution in [0, 0.1) is 5.92 Å². The van der Waals surface area contributed by atoms with Gasteiger partial charge in [-0.3, -0.25) is 0 Å². The lowest BCUT2D eigenvalue weighted by Gasteiger charge is -2.25. The number of rotatable bonds is 6. The van der Waals surface area contributed by atoms with Crippen molar-refractivity contribution in [2.24, 2.45) is 5.92 Å². The van der Waals surface area contributed by atoms with Crippen molar-refractivity contribution in [2.75, 3.05) is 13.2 Å². The van der Waals surface area contributed by atoms with Crippen molar-refractivity contribution < 1.29 is 14.3 Å². The highest BCUT2D eigenvalue weighted by molar-refractivity contribution is 5.73. The second kappa shape index (κ2) is 8.61. The summed E-state index contributed by atoms with van der Waals surface area (Å²) in [5.41, 5.74) is 2.21. The van der Waals surface area contributed by atoms with E-state index in [1.807, 2.05) is 56.3 Å². The Kier molecular flexibility index (Phi) is 6.00. The molecule has 26 heavy (non-hydrogen) atoms. The first-order chi connectivity index (χ1) is 12.6. The van der Waals surface area contributed by atoms with E-state index in [1.165, 1.54) is 5.56 Å². The van der Waals surface area contributed by atoms with Crippen LogP contribution in [0.4, 0.5) is 4.79 Å². The number of carbonyl (C=O) groups excluding carboxylic acids is 1. The predicted octanol–water partition coefficient (Wildman–Crippen LogP) is 3.52. The molecule has 1 aliphatic heterocycles. The molecule has 2 N–H and O–H groups in total. The third-order valence-corrected chi connectivity index (χ3v) is 4.23. The van der Waals surface area contributed by atoms with E-state index in [0.717, 1.165) is 23.5 Å². The molecule has 1 unspecified atom stereocenters. The maximum absolute atomic E-state index is 12.1. The van der Waals surface area contributed by atoms with Crippen molar-refractivity contribution >= 4 is 6.03 Å². The monoisotopic (exact) mass is 354 g/mol. The minimum atomic E-state index is -0.168. The van der Waals surface area contributed by atoms with Crippen molar-refractivity contribution in [3.8, 4) is 11.5 Å². The minimum absolute atomic E-state index is 0.129. The first-order valence-electron chi connectivity index (χ1n) is 9.08. The molecular weight excluding hydrogens is 328 g/mol. The standard InChI is InChI=1S/C21H26N2O3/c1-15(2)26-19-8-5-6-16(11-19)12-22-21(24)23-13-17-10-18-7-3-4-9-20(18)25-14-17/h3-9,11,15,17H,10,12-14H2,1-2H3,(H2,22,23,24). The number of nitrogens with one attached hydrogen (secondary N) is 2. The molecule has 0 radical (unpaired) electrons. The molecule has 1 aliphatic rings. The normalized spacial score (nSPS) is 15.7. The molecule has 1 atom stereocenters. The van der Waals surface area contributed by atoms with E-state index in [0.29, 0.717) is 25.6 Å². The van der Waals surface area contributed by atoms with Crippen molar-refractivity contribution in [1.82, 2.24) is 10.6 Å². The number of benzene rings is 2. The first-order valence-corrected chi connectivity index (χ1v) is 9.08. The molecule has 0 saturated carbocycles. The summed E-state index contributed by atoms with van der Waals surface area (Å²) in [6, 6.07) is 15.7. The topological polar surface area (TPSA) is 59.6 Å². The second-order valence-electron chi connectivity index (χ2n) is 6.87. The maximum atomic E-state index is 12.1. The van der Waals surface area contributed by atoms with Gasteiger partial charge in [0.1, 0.15) is 11.5 Å².